The molecule has 6 heterocycles. The summed E-state index contributed by atoms with van der Waals surface area (Å²) in [5.41, 5.74) is 0.969. The van der Waals surface area contributed by atoms with Crippen molar-refractivity contribution in [2.75, 3.05) is 36.0 Å². The van der Waals surface area contributed by atoms with Gasteiger partial charge in [0.05, 0.1) is 36.7 Å². The van der Waals surface area contributed by atoms with E-state index >= 15 is 4.39 Å². The van der Waals surface area contributed by atoms with Crippen molar-refractivity contribution in [1.29, 1.82) is 0 Å². The first kappa shape index (κ1) is 21.0. The number of rotatable bonds is 3. The molecule has 4 bridgehead atoms. The third kappa shape index (κ3) is 3.90. The van der Waals surface area contributed by atoms with Crippen molar-refractivity contribution in [3.63, 3.8) is 0 Å². The molecule has 6 aliphatic heterocycles. The molecule has 8 nitrogen and oxygen atoms in total. The van der Waals surface area contributed by atoms with Gasteiger partial charge in [-0.3, -0.25) is 4.90 Å². The van der Waals surface area contributed by atoms with Gasteiger partial charge in [0, 0.05) is 25.2 Å². The zero-order chi connectivity index (χ0) is 22.5. The lowest BCUT2D eigenvalue weighted by Gasteiger charge is -2.55. The summed E-state index contributed by atoms with van der Waals surface area (Å²) in [7, 11) is 0. The summed E-state index contributed by atoms with van der Waals surface area (Å²) < 4.78 is 32.0. The maximum absolute atomic E-state index is 15.0. The Bertz CT molecular complexity index is 915. The molecule has 1 aromatic carbocycles. The molecule has 33 heavy (non-hydrogen) atoms. The minimum absolute atomic E-state index is 0.222. The fourth-order valence-corrected chi connectivity index (χ4v) is 6.31. The lowest BCUT2D eigenvalue weighted by Crippen LogP contribution is -2.64. The lowest BCUT2D eigenvalue weighted by atomic mass is 9.78. The van der Waals surface area contributed by atoms with Crippen LogP contribution in [0.5, 0.6) is 0 Å². The van der Waals surface area contributed by atoms with Gasteiger partial charge in [0.1, 0.15) is 11.9 Å². The number of nitrogens with zero attached hydrogens (tertiary/aromatic N) is 3. The summed E-state index contributed by atoms with van der Waals surface area (Å²) in [5, 5.41) is 0. The molecule has 0 aromatic heterocycles. The summed E-state index contributed by atoms with van der Waals surface area (Å²) in [5.74, 6) is -0.386. The van der Waals surface area contributed by atoms with Gasteiger partial charge in [0.2, 0.25) is 0 Å². The molecule has 1 atom stereocenters. The molecule has 1 unspecified atom stereocenters. The molecule has 1 aromatic rings. The fraction of sp³-hybridized carbons (Fsp3) is 0.667. The van der Waals surface area contributed by atoms with Gasteiger partial charge in [-0.2, -0.15) is 0 Å². The SMILES string of the molecule is O=C1OCCCN1c1ccc(N2CCCC(OC(=O)N3C4CC5CC3CC(C4)O5)C2)c(F)c1. The molecule has 2 amide bonds. The first-order chi connectivity index (χ1) is 16.0. The number of carbonyl (C=O) groups excluding carboxylic acids is 2. The van der Waals surface area contributed by atoms with Gasteiger partial charge in [-0.1, -0.05) is 0 Å². The van der Waals surface area contributed by atoms with Crippen LogP contribution in [-0.2, 0) is 14.2 Å². The van der Waals surface area contributed by atoms with Crippen LogP contribution in [0.15, 0.2) is 18.2 Å². The van der Waals surface area contributed by atoms with Gasteiger partial charge in [0.25, 0.3) is 0 Å². The number of benzene rings is 1. The molecule has 6 saturated heterocycles. The van der Waals surface area contributed by atoms with Crippen molar-refractivity contribution in [2.45, 2.75) is 75.3 Å². The summed E-state index contributed by atoms with van der Waals surface area (Å²) in [6.07, 6.45) is 5.59. The topological polar surface area (TPSA) is 71.6 Å². The van der Waals surface area contributed by atoms with E-state index in [0.717, 1.165) is 44.9 Å². The zero-order valence-corrected chi connectivity index (χ0v) is 18.7. The van der Waals surface area contributed by atoms with Gasteiger partial charge in [-0.25, -0.2) is 14.0 Å². The minimum atomic E-state index is -0.440. The normalized spacial score (nSPS) is 33.3. The largest absolute Gasteiger partial charge is 0.449 e. The number of amides is 2. The maximum atomic E-state index is 15.0. The molecule has 0 spiro atoms. The molecule has 0 radical (unpaired) electrons. The summed E-state index contributed by atoms with van der Waals surface area (Å²) in [6, 6.07) is 5.29. The van der Waals surface area contributed by atoms with Crippen LogP contribution in [0.2, 0.25) is 0 Å². The Morgan fingerprint density at radius 2 is 1.82 bits per heavy atom. The van der Waals surface area contributed by atoms with Crippen LogP contribution < -0.4 is 9.80 Å². The van der Waals surface area contributed by atoms with Crippen LogP contribution >= 0.6 is 0 Å². The van der Waals surface area contributed by atoms with E-state index in [9.17, 15) is 9.59 Å². The monoisotopic (exact) mass is 459 g/mol. The Kier molecular flexibility index (Phi) is 5.31. The van der Waals surface area contributed by atoms with E-state index in [1.807, 2.05) is 9.80 Å². The van der Waals surface area contributed by atoms with Gasteiger partial charge in [-0.05, 0) is 63.1 Å². The average Bonchev–Trinajstić information content (AvgIpc) is 2.79. The third-order valence-electron chi connectivity index (χ3n) is 7.72. The number of ether oxygens (including phenoxy) is 3. The van der Waals surface area contributed by atoms with E-state index in [-0.39, 0.29) is 30.1 Å². The number of cyclic esters (lactones) is 1. The van der Waals surface area contributed by atoms with E-state index < -0.39 is 6.09 Å². The molecule has 9 heteroatoms. The highest BCUT2D eigenvalue weighted by Crippen LogP contribution is 2.43. The highest BCUT2D eigenvalue weighted by molar-refractivity contribution is 5.88. The van der Waals surface area contributed by atoms with Crippen molar-refractivity contribution in [3.8, 4) is 0 Å². The van der Waals surface area contributed by atoms with E-state index in [0.29, 0.717) is 49.8 Å². The quantitative estimate of drug-likeness (QED) is 0.687. The van der Waals surface area contributed by atoms with Crippen LogP contribution in [0.4, 0.5) is 25.4 Å². The number of hydrogen-bond acceptors (Lipinski definition) is 6. The fourth-order valence-electron chi connectivity index (χ4n) is 6.31. The number of anilines is 2. The van der Waals surface area contributed by atoms with Crippen molar-refractivity contribution in [2.24, 2.45) is 0 Å². The Morgan fingerprint density at radius 3 is 2.52 bits per heavy atom. The smallest absolute Gasteiger partial charge is 0.414 e. The first-order valence-corrected chi connectivity index (χ1v) is 12.2. The molecule has 6 aliphatic rings. The van der Waals surface area contributed by atoms with E-state index in [1.165, 1.54) is 11.0 Å². The predicted octanol–water partition coefficient (Wildman–Crippen LogP) is 3.67. The van der Waals surface area contributed by atoms with E-state index in [2.05, 4.69) is 0 Å². The summed E-state index contributed by atoms with van der Waals surface area (Å²) in [4.78, 5) is 30.4. The number of hydrogen-bond donors (Lipinski definition) is 0. The van der Waals surface area contributed by atoms with Crippen LogP contribution in [0.1, 0.15) is 44.9 Å². The Hall–Kier alpha value is -2.55. The van der Waals surface area contributed by atoms with Gasteiger partial charge in [-0.15, -0.1) is 0 Å². The standard InChI is InChI=1S/C24H30FN3O5/c25-21-13-15(27-7-2-8-31-23(27)29)4-5-22(21)26-6-1-3-18(14-26)33-24(30)28-16-9-19-11-17(28)12-20(10-16)32-19/h4-5,13,16-20H,1-3,6-12,14H2. The van der Waals surface area contributed by atoms with Crippen molar-refractivity contribution in [3.05, 3.63) is 24.0 Å². The Morgan fingerprint density at radius 1 is 1.06 bits per heavy atom. The number of piperidine rings is 3. The Balaban J connectivity index is 1.11. The summed E-state index contributed by atoms with van der Waals surface area (Å²) >= 11 is 0. The molecule has 0 N–H and O–H groups in total. The molecule has 0 aliphatic carbocycles. The predicted molar refractivity (Wildman–Crippen MR) is 118 cm³/mol. The van der Waals surface area contributed by atoms with Gasteiger partial charge in [0.15, 0.2) is 0 Å². The van der Waals surface area contributed by atoms with Crippen LogP contribution in [0, 0.1) is 5.82 Å². The first-order valence-electron chi connectivity index (χ1n) is 12.2. The van der Waals surface area contributed by atoms with Crippen molar-refractivity contribution in [1.82, 2.24) is 4.90 Å². The molecule has 178 valence electrons. The molecule has 6 fully saturated rings. The van der Waals surface area contributed by atoms with Crippen molar-refractivity contribution < 1.29 is 28.2 Å². The van der Waals surface area contributed by atoms with E-state index in [1.54, 1.807) is 12.1 Å². The second-order valence-corrected chi connectivity index (χ2v) is 9.89. The number of carbonyl (C=O) groups is 2. The van der Waals surface area contributed by atoms with Gasteiger partial charge < -0.3 is 24.0 Å². The van der Waals surface area contributed by atoms with E-state index in [4.69, 9.17) is 14.2 Å². The van der Waals surface area contributed by atoms with Crippen LogP contribution in [-0.4, -0.2) is 73.7 Å². The van der Waals surface area contributed by atoms with Crippen LogP contribution in [0.25, 0.3) is 0 Å². The average molecular weight is 460 g/mol. The lowest BCUT2D eigenvalue weighted by molar-refractivity contribution is -0.174. The third-order valence-corrected chi connectivity index (χ3v) is 7.72. The summed E-state index contributed by atoms with van der Waals surface area (Å²) in [6.45, 7) is 2.08. The van der Waals surface area contributed by atoms with Crippen LogP contribution in [0.3, 0.4) is 0 Å². The molecular formula is C24H30FN3O5. The maximum Gasteiger partial charge on any atom is 0.414 e. The Labute approximate surface area is 192 Å². The molecule has 0 saturated carbocycles. The van der Waals surface area contributed by atoms with Crippen molar-refractivity contribution >= 4 is 23.6 Å². The second kappa shape index (κ2) is 8.34. The second-order valence-electron chi connectivity index (χ2n) is 9.89. The highest BCUT2D eigenvalue weighted by Gasteiger charge is 2.50. The molecular weight excluding hydrogens is 429 g/mol. The minimum Gasteiger partial charge on any atom is -0.449 e. The molecule has 7 rings (SSSR count). The highest BCUT2D eigenvalue weighted by atomic mass is 19.1. The van der Waals surface area contributed by atoms with Gasteiger partial charge >= 0.3 is 12.2 Å². The zero-order valence-electron chi connectivity index (χ0n) is 18.7. The number of halogens is 1.